The van der Waals surface area contributed by atoms with Crippen LogP contribution in [0.4, 0.5) is 0 Å². The van der Waals surface area contributed by atoms with Gasteiger partial charge >= 0.3 is 5.97 Å². The Morgan fingerprint density at radius 3 is 2.48 bits per heavy atom. The van der Waals surface area contributed by atoms with Crippen LogP contribution in [0.3, 0.4) is 0 Å². The number of aryl methyl sites for hydroxylation is 1. The number of pyridine rings is 1. The Bertz CT molecular complexity index is 528. The summed E-state index contributed by atoms with van der Waals surface area (Å²) in [6.45, 7) is 7.55. The van der Waals surface area contributed by atoms with Crippen molar-refractivity contribution in [2.45, 2.75) is 40.7 Å². The Hall–Kier alpha value is -1.91. The van der Waals surface area contributed by atoms with Gasteiger partial charge in [0.25, 0.3) is 0 Å². The van der Waals surface area contributed by atoms with Gasteiger partial charge in [0.05, 0.1) is 17.7 Å². The third-order valence-corrected chi connectivity index (χ3v) is 4.05. The lowest BCUT2D eigenvalue weighted by Gasteiger charge is -2.30. The van der Waals surface area contributed by atoms with Crippen LogP contribution in [-0.2, 0) is 16.1 Å². The first kappa shape index (κ1) is 17.1. The van der Waals surface area contributed by atoms with E-state index in [9.17, 15) is 14.7 Å². The van der Waals surface area contributed by atoms with Gasteiger partial charge in [-0.3, -0.25) is 14.6 Å². The molecule has 1 N–H and O–H groups in total. The molecule has 5 heteroatoms. The fourth-order valence-electron chi connectivity index (χ4n) is 1.99. The largest absolute Gasteiger partial charge is 0.481 e. The maximum Gasteiger partial charge on any atom is 0.310 e. The van der Waals surface area contributed by atoms with Crippen LogP contribution >= 0.6 is 0 Å². The molecule has 1 aromatic heterocycles. The monoisotopic (exact) mass is 292 g/mol. The second-order valence-corrected chi connectivity index (χ2v) is 6.07. The Morgan fingerprint density at radius 2 is 2.00 bits per heavy atom. The van der Waals surface area contributed by atoms with E-state index >= 15 is 0 Å². The third-order valence-electron chi connectivity index (χ3n) is 4.05. The summed E-state index contributed by atoms with van der Waals surface area (Å²) in [4.78, 5) is 29.6. The van der Waals surface area contributed by atoms with Crippen LogP contribution in [0, 0.1) is 18.3 Å². The van der Waals surface area contributed by atoms with E-state index in [2.05, 4.69) is 4.98 Å². The van der Waals surface area contributed by atoms with Crippen LogP contribution in [0.5, 0.6) is 0 Å². The molecule has 0 saturated carbocycles. The predicted octanol–water partition coefficient (Wildman–Crippen LogP) is 2.49. The normalized spacial score (nSPS) is 13.8. The van der Waals surface area contributed by atoms with Crippen LogP contribution in [0.1, 0.15) is 38.6 Å². The molecule has 0 radical (unpaired) electrons. The maximum atomic E-state index is 12.3. The van der Waals surface area contributed by atoms with Crippen molar-refractivity contribution >= 4 is 11.9 Å². The van der Waals surface area contributed by atoms with Gasteiger partial charge < -0.3 is 10.0 Å². The molecular formula is C16H24N2O3. The second kappa shape index (κ2) is 6.70. The number of aromatic nitrogens is 1. The minimum Gasteiger partial charge on any atom is -0.481 e. The van der Waals surface area contributed by atoms with Gasteiger partial charge in [0.2, 0.25) is 5.91 Å². The molecule has 116 valence electrons. The number of hydrogen-bond donors (Lipinski definition) is 1. The molecule has 1 heterocycles. The highest BCUT2D eigenvalue weighted by atomic mass is 16.4. The number of aliphatic carboxylic acids is 1. The summed E-state index contributed by atoms with van der Waals surface area (Å²) in [6, 6.07) is 5.65. The van der Waals surface area contributed by atoms with Crippen molar-refractivity contribution in [1.29, 1.82) is 0 Å². The van der Waals surface area contributed by atoms with Gasteiger partial charge in [0.15, 0.2) is 0 Å². The molecule has 1 atom stereocenters. The second-order valence-electron chi connectivity index (χ2n) is 6.07. The number of nitrogens with zero attached hydrogens (tertiary/aromatic N) is 2. The molecule has 0 aliphatic rings. The molecule has 1 amide bonds. The van der Waals surface area contributed by atoms with Crippen molar-refractivity contribution in [3.63, 3.8) is 0 Å². The van der Waals surface area contributed by atoms with E-state index in [1.54, 1.807) is 14.0 Å². The third kappa shape index (κ3) is 4.28. The maximum absolute atomic E-state index is 12.3. The van der Waals surface area contributed by atoms with Crippen LogP contribution < -0.4 is 0 Å². The molecule has 0 fully saturated rings. The van der Waals surface area contributed by atoms with E-state index < -0.39 is 11.4 Å². The van der Waals surface area contributed by atoms with Crippen molar-refractivity contribution in [3.8, 4) is 0 Å². The smallest absolute Gasteiger partial charge is 0.310 e. The Morgan fingerprint density at radius 1 is 1.38 bits per heavy atom. The van der Waals surface area contributed by atoms with E-state index in [0.29, 0.717) is 6.54 Å². The minimum absolute atomic E-state index is 0.0116. The van der Waals surface area contributed by atoms with Gasteiger partial charge in [0.1, 0.15) is 0 Å². The molecule has 21 heavy (non-hydrogen) atoms. The van der Waals surface area contributed by atoms with Gasteiger partial charge in [-0.25, -0.2) is 0 Å². The van der Waals surface area contributed by atoms with Gasteiger partial charge in [-0.05, 0) is 31.9 Å². The Balaban J connectivity index is 2.77. The summed E-state index contributed by atoms with van der Waals surface area (Å²) >= 11 is 0. The summed E-state index contributed by atoms with van der Waals surface area (Å²) in [5.41, 5.74) is 0.643. The summed E-state index contributed by atoms with van der Waals surface area (Å²) < 4.78 is 0. The summed E-state index contributed by atoms with van der Waals surface area (Å²) in [5.74, 6) is -1.24. The molecule has 1 rings (SSSR count). The number of carboxylic acids is 1. The van der Waals surface area contributed by atoms with Crippen LogP contribution in [-0.4, -0.2) is 33.9 Å². The van der Waals surface area contributed by atoms with E-state index in [1.165, 1.54) is 4.90 Å². The van der Waals surface area contributed by atoms with Crippen molar-refractivity contribution in [2.24, 2.45) is 11.3 Å². The highest BCUT2D eigenvalue weighted by Crippen LogP contribution is 2.32. The average molecular weight is 292 g/mol. The standard InChI is InChI=1S/C16H24N2O3/c1-11(2)16(4,15(20)21)9-14(19)18(5)10-13-8-6-7-12(3)17-13/h6-8,11H,9-10H2,1-5H3,(H,20,21). The predicted molar refractivity (Wildman–Crippen MR) is 80.6 cm³/mol. The number of carboxylic acid groups (broad SMARTS) is 1. The molecule has 5 nitrogen and oxygen atoms in total. The van der Waals surface area contributed by atoms with Crippen LogP contribution in [0.15, 0.2) is 18.2 Å². The highest BCUT2D eigenvalue weighted by molar-refractivity contribution is 5.84. The number of carbonyl (C=O) groups is 2. The molecule has 0 aliphatic heterocycles. The molecule has 0 bridgehead atoms. The lowest BCUT2D eigenvalue weighted by Crippen LogP contribution is -2.39. The molecule has 1 aromatic rings. The average Bonchev–Trinajstić information content (AvgIpc) is 2.37. The van der Waals surface area contributed by atoms with Crippen LogP contribution in [0.2, 0.25) is 0 Å². The first-order valence-electron chi connectivity index (χ1n) is 7.06. The van der Waals surface area contributed by atoms with Crippen molar-refractivity contribution in [1.82, 2.24) is 9.88 Å². The first-order valence-corrected chi connectivity index (χ1v) is 7.06. The van der Waals surface area contributed by atoms with Gasteiger partial charge in [-0.2, -0.15) is 0 Å². The van der Waals surface area contributed by atoms with E-state index in [4.69, 9.17) is 0 Å². The van der Waals surface area contributed by atoms with E-state index in [0.717, 1.165) is 11.4 Å². The minimum atomic E-state index is -1.05. The molecule has 0 aromatic carbocycles. The van der Waals surface area contributed by atoms with Gasteiger partial charge in [-0.15, -0.1) is 0 Å². The zero-order valence-electron chi connectivity index (χ0n) is 13.4. The van der Waals surface area contributed by atoms with E-state index in [1.807, 2.05) is 39.0 Å². The Labute approximate surface area is 126 Å². The topological polar surface area (TPSA) is 70.5 Å². The fraction of sp³-hybridized carbons (Fsp3) is 0.562. The summed E-state index contributed by atoms with van der Waals surface area (Å²) in [6.07, 6.45) is -0.0116. The summed E-state index contributed by atoms with van der Waals surface area (Å²) in [7, 11) is 1.68. The Kier molecular flexibility index (Phi) is 5.47. The van der Waals surface area contributed by atoms with Crippen LogP contribution in [0.25, 0.3) is 0 Å². The van der Waals surface area contributed by atoms with Crippen molar-refractivity contribution < 1.29 is 14.7 Å². The number of carbonyl (C=O) groups excluding carboxylic acids is 1. The van der Waals surface area contributed by atoms with Gasteiger partial charge in [-0.1, -0.05) is 19.9 Å². The van der Waals surface area contributed by atoms with Gasteiger partial charge in [0, 0.05) is 19.2 Å². The first-order chi connectivity index (χ1) is 9.66. The lowest BCUT2D eigenvalue weighted by molar-refractivity contribution is -0.155. The number of hydrogen-bond acceptors (Lipinski definition) is 3. The lowest BCUT2D eigenvalue weighted by atomic mass is 9.76. The molecule has 0 spiro atoms. The van der Waals surface area contributed by atoms with E-state index in [-0.39, 0.29) is 18.2 Å². The number of amides is 1. The zero-order valence-corrected chi connectivity index (χ0v) is 13.4. The molecule has 0 aliphatic carbocycles. The zero-order chi connectivity index (χ0) is 16.2. The SMILES string of the molecule is Cc1cccc(CN(C)C(=O)CC(C)(C(=O)O)C(C)C)n1. The molecule has 1 unspecified atom stereocenters. The van der Waals surface area contributed by atoms with Crippen molar-refractivity contribution in [2.75, 3.05) is 7.05 Å². The molecule has 0 saturated heterocycles. The fourth-order valence-corrected chi connectivity index (χ4v) is 1.99. The quantitative estimate of drug-likeness (QED) is 0.874. The van der Waals surface area contributed by atoms with Crippen molar-refractivity contribution in [3.05, 3.63) is 29.6 Å². The summed E-state index contributed by atoms with van der Waals surface area (Å²) in [5, 5.41) is 9.38. The highest BCUT2D eigenvalue weighted by Gasteiger charge is 2.39. The molecular weight excluding hydrogens is 268 g/mol. The number of rotatable bonds is 6.